The third-order valence-corrected chi connectivity index (χ3v) is 8.02. The second kappa shape index (κ2) is 15.5. The number of benzene rings is 4. The third-order valence-electron chi connectivity index (χ3n) is 8.02. The number of carbonyl (C=O) groups is 1. The van der Waals surface area contributed by atoms with Gasteiger partial charge in [0.2, 0.25) is 0 Å². The summed E-state index contributed by atoms with van der Waals surface area (Å²) in [5.41, 5.74) is 6.16. The highest BCUT2D eigenvalue weighted by Gasteiger charge is 2.15. The van der Waals surface area contributed by atoms with Gasteiger partial charge < -0.3 is 0 Å². The summed E-state index contributed by atoms with van der Waals surface area (Å²) >= 11 is 0. The predicted octanol–water partition coefficient (Wildman–Crippen LogP) is 11.1. The standard InChI is InChI=1S/C39H41F3O/c1-27(2)33-20-15-29(23-36(33)40)11-9-7-5-4-6-8-10-12-30-16-22-35(38(42)24-30)39(43)26-31-17-21-34(37(41)25-31)32-18-13-28(3)14-19-32/h13-25H,1,4-12,26H2,2-3H3. The molecule has 0 saturated carbocycles. The number of ketones is 1. The zero-order valence-corrected chi connectivity index (χ0v) is 25.3. The van der Waals surface area contributed by atoms with Crippen molar-refractivity contribution < 1.29 is 18.0 Å². The number of halogens is 3. The summed E-state index contributed by atoms with van der Waals surface area (Å²) < 4.78 is 43.7. The molecule has 4 aromatic rings. The van der Waals surface area contributed by atoms with E-state index in [2.05, 4.69) is 6.58 Å². The molecular formula is C39H41F3O. The Morgan fingerprint density at radius 1 is 0.605 bits per heavy atom. The first-order valence-corrected chi connectivity index (χ1v) is 15.3. The molecule has 43 heavy (non-hydrogen) atoms. The van der Waals surface area contributed by atoms with Crippen molar-refractivity contribution in [2.24, 2.45) is 0 Å². The number of hydrogen-bond acceptors (Lipinski definition) is 1. The summed E-state index contributed by atoms with van der Waals surface area (Å²) in [6.07, 6.45) is 9.22. The smallest absolute Gasteiger partial charge is 0.170 e. The number of unbranched alkanes of at least 4 members (excludes halogenated alkanes) is 6. The lowest BCUT2D eigenvalue weighted by Crippen LogP contribution is -2.07. The van der Waals surface area contributed by atoms with Gasteiger partial charge in [0.05, 0.1) is 5.56 Å². The maximum absolute atomic E-state index is 14.8. The second-order valence-electron chi connectivity index (χ2n) is 11.7. The van der Waals surface area contributed by atoms with Crippen LogP contribution in [0.1, 0.15) is 90.0 Å². The van der Waals surface area contributed by atoms with Crippen molar-refractivity contribution in [1.82, 2.24) is 0 Å². The van der Waals surface area contributed by atoms with Crippen LogP contribution in [0, 0.1) is 24.4 Å². The highest BCUT2D eigenvalue weighted by Crippen LogP contribution is 2.25. The van der Waals surface area contributed by atoms with Gasteiger partial charge in [0.1, 0.15) is 17.5 Å². The maximum atomic E-state index is 14.8. The van der Waals surface area contributed by atoms with Gasteiger partial charge in [0.25, 0.3) is 0 Å². The minimum absolute atomic E-state index is 0.0428. The fourth-order valence-corrected chi connectivity index (χ4v) is 5.46. The van der Waals surface area contributed by atoms with Crippen LogP contribution in [0.25, 0.3) is 16.7 Å². The van der Waals surface area contributed by atoms with Crippen molar-refractivity contribution in [2.75, 3.05) is 0 Å². The van der Waals surface area contributed by atoms with Gasteiger partial charge >= 0.3 is 0 Å². The summed E-state index contributed by atoms with van der Waals surface area (Å²) in [5, 5.41) is 0. The molecule has 4 rings (SSSR count). The minimum atomic E-state index is -0.520. The van der Waals surface area contributed by atoms with Crippen molar-refractivity contribution in [3.05, 3.63) is 136 Å². The van der Waals surface area contributed by atoms with Crippen LogP contribution in [-0.4, -0.2) is 5.78 Å². The van der Waals surface area contributed by atoms with E-state index < -0.39 is 11.6 Å². The first-order chi connectivity index (χ1) is 20.7. The lowest BCUT2D eigenvalue weighted by Gasteiger charge is -2.09. The van der Waals surface area contributed by atoms with Crippen LogP contribution < -0.4 is 0 Å². The topological polar surface area (TPSA) is 17.1 Å². The van der Waals surface area contributed by atoms with Gasteiger partial charge in [-0.15, -0.1) is 0 Å². The molecule has 0 heterocycles. The van der Waals surface area contributed by atoms with Gasteiger partial charge in [0.15, 0.2) is 5.78 Å². The van der Waals surface area contributed by atoms with Gasteiger partial charge in [-0.1, -0.05) is 98.8 Å². The van der Waals surface area contributed by atoms with Crippen LogP contribution in [0.4, 0.5) is 13.2 Å². The molecule has 1 nitrogen and oxygen atoms in total. The summed E-state index contributed by atoms with van der Waals surface area (Å²) in [5.74, 6) is -1.47. The Morgan fingerprint density at radius 3 is 1.60 bits per heavy atom. The van der Waals surface area contributed by atoms with E-state index in [1.54, 1.807) is 24.3 Å². The molecule has 0 fully saturated rings. The largest absolute Gasteiger partial charge is 0.294 e. The zero-order chi connectivity index (χ0) is 30.8. The molecule has 0 aromatic heterocycles. The van der Waals surface area contributed by atoms with Crippen LogP contribution in [0.5, 0.6) is 0 Å². The quantitative estimate of drug-likeness (QED) is 0.101. The monoisotopic (exact) mass is 582 g/mol. The van der Waals surface area contributed by atoms with E-state index in [9.17, 15) is 18.0 Å². The fraction of sp³-hybridized carbons (Fsp3) is 0.308. The maximum Gasteiger partial charge on any atom is 0.170 e. The van der Waals surface area contributed by atoms with Crippen molar-refractivity contribution in [3.8, 4) is 11.1 Å². The molecule has 224 valence electrons. The molecule has 4 aromatic carbocycles. The Bertz CT molecular complexity index is 1550. The molecule has 0 N–H and O–H groups in total. The number of carbonyl (C=O) groups excluding carboxylic acids is 1. The molecule has 0 aliphatic heterocycles. The van der Waals surface area contributed by atoms with Gasteiger partial charge in [-0.2, -0.15) is 0 Å². The fourth-order valence-electron chi connectivity index (χ4n) is 5.46. The summed E-state index contributed by atoms with van der Waals surface area (Å²) in [6.45, 7) is 7.60. The van der Waals surface area contributed by atoms with Gasteiger partial charge in [-0.25, -0.2) is 13.2 Å². The summed E-state index contributed by atoms with van der Waals surface area (Å²) in [7, 11) is 0. The van der Waals surface area contributed by atoms with Crippen LogP contribution in [0.2, 0.25) is 0 Å². The average Bonchev–Trinajstić information content (AvgIpc) is 2.97. The second-order valence-corrected chi connectivity index (χ2v) is 11.7. The van der Waals surface area contributed by atoms with Crippen molar-refractivity contribution >= 4 is 11.4 Å². The Kier molecular flexibility index (Phi) is 11.6. The first kappa shape index (κ1) is 32.0. The number of aryl methyl sites for hydroxylation is 3. The molecule has 0 radical (unpaired) electrons. The van der Waals surface area contributed by atoms with Crippen LogP contribution in [0.3, 0.4) is 0 Å². The molecule has 4 heteroatoms. The highest BCUT2D eigenvalue weighted by atomic mass is 19.1. The molecule has 0 unspecified atom stereocenters. The molecule has 0 atom stereocenters. The number of allylic oxidation sites excluding steroid dienone is 1. The van der Waals surface area contributed by atoms with Crippen LogP contribution in [0.15, 0.2) is 85.4 Å². The lowest BCUT2D eigenvalue weighted by atomic mass is 9.97. The number of rotatable bonds is 15. The Labute approximate surface area is 254 Å². The van der Waals surface area contributed by atoms with Gasteiger partial charge in [-0.3, -0.25) is 4.79 Å². The predicted molar refractivity (Wildman–Crippen MR) is 172 cm³/mol. The molecule has 0 saturated heterocycles. The van der Waals surface area contributed by atoms with Gasteiger partial charge in [-0.05, 0) is 91.6 Å². The zero-order valence-electron chi connectivity index (χ0n) is 25.3. The van der Waals surface area contributed by atoms with E-state index in [1.807, 2.05) is 56.3 Å². The van der Waals surface area contributed by atoms with Gasteiger partial charge in [0, 0.05) is 17.5 Å². The summed E-state index contributed by atoms with van der Waals surface area (Å²) in [4.78, 5) is 12.8. The average molecular weight is 583 g/mol. The van der Waals surface area contributed by atoms with Crippen molar-refractivity contribution in [3.63, 3.8) is 0 Å². The van der Waals surface area contributed by atoms with E-state index in [-0.39, 0.29) is 23.6 Å². The third kappa shape index (κ3) is 9.28. The van der Waals surface area contributed by atoms with Crippen molar-refractivity contribution in [2.45, 2.75) is 78.1 Å². The normalized spacial score (nSPS) is 11.1. The Balaban J connectivity index is 1.15. The Morgan fingerprint density at radius 2 is 1.09 bits per heavy atom. The molecular weight excluding hydrogens is 541 g/mol. The molecule has 0 bridgehead atoms. The van der Waals surface area contributed by atoms with E-state index >= 15 is 0 Å². The highest BCUT2D eigenvalue weighted by molar-refractivity contribution is 5.97. The number of hydrogen-bond donors (Lipinski definition) is 0. The van der Waals surface area contributed by atoms with E-state index in [4.69, 9.17) is 0 Å². The molecule has 0 aliphatic carbocycles. The Hall–Kier alpha value is -3.92. The van der Waals surface area contributed by atoms with Crippen LogP contribution in [-0.2, 0) is 19.3 Å². The van der Waals surface area contributed by atoms with E-state index in [0.29, 0.717) is 16.7 Å². The first-order valence-electron chi connectivity index (χ1n) is 15.3. The lowest BCUT2D eigenvalue weighted by molar-refractivity contribution is 0.0989. The molecule has 0 aliphatic rings. The SMILES string of the molecule is C=C(C)c1ccc(CCCCCCCCCc2ccc(C(=O)Cc3ccc(-c4ccc(C)cc4)c(F)c3)c(F)c2)cc1F. The van der Waals surface area contributed by atoms with Crippen molar-refractivity contribution in [1.29, 1.82) is 0 Å². The number of Topliss-reactive ketones (excluding diaryl/α,β-unsaturated/α-hetero) is 1. The van der Waals surface area contributed by atoms with E-state index in [1.165, 1.54) is 12.1 Å². The van der Waals surface area contributed by atoms with Crippen LogP contribution >= 0.6 is 0 Å². The molecule has 0 spiro atoms. The molecule has 0 amide bonds. The van der Waals surface area contributed by atoms with E-state index in [0.717, 1.165) is 85.6 Å². The minimum Gasteiger partial charge on any atom is -0.294 e. The summed E-state index contributed by atoms with van der Waals surface area (Å²) in [6, 6.07) is 22.6.